The minimum absolute atomic E-state index is 0.0754. The van der Waals surface area contributed by atoms with Crippen LogP contribution in [-0.4, -0.2) is 26.4 Å². The molecule has 0 bridgehead atoms. The first-order chi connectivity index (χ1) is 16.1. The number of hydrogen-bond donors (Lipinski definition) is 0. The molecule has 4 aromatic rings. The molecule has 33 heavy (non-hydrogen) atoms. The largest absolute Gasteiger partial charge is 0.329 e. The Morgan fingerprint density at radius 2 is 1.67 bits per heavy atom. The van der Waals surface area contributed by atoms with Crippen molar-refractivity contribution in [3.05, 3.63) is 106 Å². The Bertz CT molecular complexity index is 1430. The van der Waals surface area contributed by atoms with Crippen molar-refractivity contribution in [3.8, 4) is 5.69 Å². The van der Waals surface area contributed by atoms with E-state index in [4.69, 9.17) is 0 Å². The lowest BCUT2D eigenvalue weighted by molar-refractivity contribution is 0.0658. The number of carbonyl (C=O) groups is 1. The number of aryl methyl sites for hydroxylation is 2. The highest BCUT2D eigenvalue weighted by Crippen LogP contribution is 2.42. The first kappa shape index (κ1) is 19.9. The Morgan fingerprint density at radius 1 is 0.939 bits per heavy atom. The number of nitrogens with zero attached hydrogens (tertiary/aromatic N) is 3. The van der Waals surface area contributed by atoms with Gasteiger partial charge in [-0.1, -0.05) is 36.4 Å². The smallest absolute Gasteiger partial charge is 0.265 e. The zero-order chi connectivity index (χ0) is 22.5. The molecule has 1 saturated carbocycles. The molecule has 0 N–H and O–H groups in total. The summed E-state index contributed by atoms with van der Waals surface area (Å²) in [5.74, 6) is 0.700. The van der Waals surface area contributed by atoms with E-state index in [1.165, 1.54) is 11.1 Å². The van der Waals surface area contributed by atoms with Crippen LogP contribution in [0.3, 0.4) is 0 Å². The molecule has 1 aromatic heterocycles. The SMILES string of the molecule is Cc1nc2ccccc2c(=O)n1-c1ccc(C(=O)N(C2CC2)C2CCc3ccccc32)cc1. The second-order valence-corrected chi connectivity index (χ2v) is 9.06. The predicted octanol–water partition coefficient (Wildman–Crippen LogP) is 4.99. The average Bonchev–Trinajstić information content (AvgIpc) is 3.59. The molecule has 0 radical (unpaired) electrons. The van der Waals surface area contributed by atoms with Gasteiger partial charge in [-0.05, 0) is 80.1 Å². The van der Waals surface area contributed by atoms with Crippen molar-refractivity contribution in [1.29, 1.82) is 0 Å². The lowest BCUT2D eigenvalue weighted by Gasteiger charge is -2.30. The molecule has 1 heterocycles. The summed E-state index contributed by atoms with van der Waals surface area (Å²) in [7, 11) is 0. The van der Waals surface area contributed by atoms with Gasteiger partial charge in [-0.3, -0.25) is 14.2 Å². The summed E-state index contributed by atoms with van der Waals surface area (Å²) in [5.41, 5.74) is 4.62. The van der Waals surface area contributed by atoms with Crippen molar-refractivity contribution >= 4 is 16.8 Å². The van der Waals surface area contributed by atoms with Gasteiger partial charge in [-0.25, -0.2) is 4.98 Å². The normalized spacial score (nSPS) is 17.2. The fourth-order valence-corrected chi connectivity index (χ4v) is 5.19. The van der Waals surface area contributed by atoms with E-state index in [-0.39, 0.29) is 17.5 Å². The first-order valence-corrected chi connectivity index (χ1v) is 11.6. The lowest BCUT2D eigenvalue weighted by atomic mass is 10.0. The molecule has 2 aliphatic rings. The number of hydrogen-bond acceptors (Lipinski definition) is 3. The third-order valence-electron chi connectivity index (χ3n) is 6.93. The van der Waals surface area contributed by atoms with E-state index in [1.807, 2.05) is 49.4 Å². The zero-order valence-electron chi connectivity index (χ0n) is 18.6. The van der Waals surface area contributed by atoms with Crippen molar-refractivity contribution < 1.29 is 4.79 Å². The fraction of sp³-hybridized carbons (Fsp3) is 0.250. The van der Waals surface area contributed by atoms with Gasteiger partial charge in [0.1, 0.15) is 5.82 Å². The predicted molar refractivity (Wildman–Crippen MR) is 129 cm³/mol. The molecule has 2 aliphatic carbocycles. The van der Waals surface area contributed by atoms with Crippen LogP contribution in [0.2, 0.25) is 0 Å². The van der Waals surface area contributed by atoms with Gasteiger partial charge >= 0.3 is 0 Å². The Labute approximate surface area is 192 Å². The lowest BCUT2D eigenvalue weighted by Crippen LogP contribution is -2.36. The highest BCUT2D eigenvalue weighted by Gasteiger charge is 2.40. The average molecular weight is 436 g/mol. The topological polar surface area (TPSA) is 55.2 Å². The summed E-state index contributed by atoms with van der Waals surface area (Å²) in [5, 5.41) is 0.586. The van der Waals surface area contributed by atoms with Crippen LogP contribution in [0.25, 0.3) is 16.6 Å². The summed E-state index contributed by atoms with van der Waals surface area (Å²) in [6.07, 6.45) is 4.14. The minimum atomic E-state index is -0.0978. The Hall–Kier alpha value is -3.73. The minimum Gasteiger partial charge on any atom is -0.329 e. The maximum Gasteiger partial charge on any atom is 0.265 e. The molecular formula is C28H25N3O2. The molecule has 1 amide bonds. The van der Waals surface area contributed by atoms with Gasteiger partial charge in [0, 0.05) is 11.6 Å². The van der Waals surface area contributed by atoms with Crippen LogP contribution in [0.5, 0.6) is 0 Å². The summed E-state index contributed by atoms with van der Waals surface area (Å²) in [4.78, 5) is 33.4. The van der Waals surface area contributed by atoms with Crippen molar-refractivity contribution in [3.63, 3.8) is 0 Å². The maximum atomic E-state index is 13.6. The summed E-state index contributed by atoms with van der Waals surface area (Å²) in [6.45, 7) is 1.83. The molecule has 5 heteroatoms. The fourth-order valence-electron chi connectivity index (χ4n) is 5.19. The second kappa shape index (κ2) is 7.69. The number of amides is 1. The molecule has 5 nitrogen and oxygen atoms in total. The van der Waals surface area contributed by atoms with E-state index in [0.717, 1.165) is 31.4 Å². The molecular weight excluding hydrogens is 410 g/mol. The second-order valence-electron chi connectivity index (χ2n) is 9.06. The third-order valence-corrected chi connectivity index (χ3v) is 6.93. The Balaban J connectivity index is 1.34. The monoisotopic (exact) mass is 435 g/mol. The molecule has 3 aromatic carbocycles. The van der Waals surface area contributed by atoms with Gasteiger partial charge in [-0.2, -0.15) is 0 Å². The quantitative estimate of drug-likeness (QED) is 0.454. The van der Waals surface area contributed by atoms with Gasteiger partial charge < -0.3 is 4.90 Å². The Morgan fingerprint density at radius 3 is 2.45 bits per heavy atom. The molecule has 0 aliphatic heterocycles. The highest BCUT2D eigenvalue weighted by atomic mass is 16.2. The molecule has 1 atom stereocenters. The van der Waals surface area contributed by atoms with Gasteiger partial charge in [0.05, 0.1) is 22.6 Å². The molecule has 1 fully saturated rings. The van der Waals surface area contributed by atoms with Crippen LogP contribution in [0, 0.1) is 6.92 Å². The maximum absolute atomic E-state index is 13.6. The molecule has 164 valence electrons. The van der Waals surface area contributed by atoms with Crippen molar-refractivity contribution in [2.24, 2.45) is 0 Å². The van der Waals surface area contributed by atoms with E-state index in [2.05, 4.69) is 34.1 Å². The number of benzene rings is 3. The van der Waals surface area contributed by atoms with E-state index >= 15 is 0 Å². The van der Waals surface area contributed by atoms with Crippen LogP contribution >= 0.6 is 0 Å². The third kappa shape index (κ3) is 3.35. The first-order valence-electron chi connectivity index (χ1n) is 11.6. The summed E-state index contributed by atoms with van der Waals surface area (Å²) in [6, 6.07) is 23.7. The number of carbonyl (C=O) groups excluding carboxylic acids is 1. The van der Waals surface area contributed by atoms with Crippen LogP contribution in [0.1, 0.15) is 52.6 Å². The van der Waals surface area contributed by atoms with Gasteiger partial charge in [0.2, 0.25) is 0 Å². The highest BCUT2D eigenvalue weighted by molar-refractivity contribution is 5.95. The number of para-hydroxylation sites is 1. The van der Waals surface area contributed by atoms with Crippen molar-refractivity contribution in [2.45, 2.75) is 44.7 Å². The van der Waals surface area contributed by atoms with Crippen LogP contribution in [0.15, 0.2) is 77.6 Å². The molecule has 0 spiro atoms. The van der Waals surface area contributed by atoms with Crippen LogP contribution in [0.4, 0.5) is 0 Å². The van der Waals surface area contributed by atoms with Gasteiger partial charge in [0.25, 0.3) is 11.5 Å². The van der Waals surface area contributed by atoms with Crippen molar-refractivity contribution in [2.75, 3.05) is 0 Å². The van der Waals surface area contributed by atoms with E-state index in [1.54, 1.807) is 10.6 Å². The van der Waals surface area contributed by atoms with E-state index in [9.17, 15) is 9.59 Å². The Kier molecular flexibility index (Phi) is 4.64. The molecule has 1 unspecified atom stereocenters. The van der Waals surface area contributed by atoms with Crippen molar-refractivity contribution in [1.82, 2.24) is 14.5 Å². The van der Waals surface area contributed by atoms with E-state index < -0.39 is 0 Å². The number of fused-ring (bicyclic) bond motifs is 2. The molecule has 0 saturated heterocycles. The summed E-state index contributed by atoms with van der Waals surface area (Å²) < 4.78 is 1.61. The van der Waals surface area contributed by atoms with Crippen LogP contribution < -0.4 is 5.56 Å². The van der Waals surface area contributed by atoms with E-state index in [0.29, 0.717) is 28.3 Å². The standard InChI is InChI=1S/C28H25N3O2/c1-18-29-25-9-5-4-8-24(25)28(33)30(18)21-13-10-20(11-14-21)27(32)31(22-15-16-22)26-17-12-19-6-2-3-7-23(19)26/h2-11,13-14,22,26H,12,15-17H2,1H3. The number of rotatable bonds is 4. The summed E-state index contributed by atoms with van der Waals surface area (Å²) >= 11 is 0. The van der Waals surface area contributed by atoms with Crippen LogP contribution in [-0.2, 0) is 6.42 Å². The molecule has 6 rings (SSSR count). The van der Waals surface area contributed by atoms with Gasteiger partial charge in [0.15, 0.2) is 0 Å². The van der Waals surface area contributed by atoms with Gasteiger partial charge in [-0.15, -0.1) is 0 Å². The number of aromatic nitrogens is 2. The zero-order valence-corrected chi connectivity index (χ0v) is 18.6.